The molecule has 0 radical (unpaired) electrons. The fraction of sp³-hybridized carbons (Fsp3) is 0.333. The van der Waals surface area contributed by atoms with E-state index < -0.39 is 0 Å². The van der Waals surface area contributed by atoms with Gasteiger partial charge in [0.2, 0.25) is 5.91 Å². The zero-order chi connectivity index (χ0) is 20.0. The average molecular weight is 377 g/mol. The van der Waals surface area contributed by atoms with Gasteiger partial charge in [0.15, 0.2) is 11.3 Å². The van der Waals surface area contributed by atoms with E-state index >= 15 is 0 Å². The monoisotopic (exact) mass is 377 g/mol. The molecule has 2 aromatic heterocycles. The molecule has 28 heavy (non-hydrogen) atoms. The minimum Gasteiger partial charge on any atom is -0.323 e. The number of fused-ring (bicyclic) bond motifs is 1. The number of rotatable bonds is 2. The van der Waals surface area contributed by atoms with Gasteiger partial charge in [0.05, 0.1) is 0 Å². The van der Waals surface area contributed by atoms with E-state index in [9.17, 15) is 9.59 Å². The fourth-order valence-electron chi connectivity index (χ4n) is 3.64. The van der Waals surface area contributed by atoms with Gasteiger partial charge in [-0.3, -0.25) is 9.59 Å². The fourth-order valence-corrected chi connectivity index (χ4v) is 3.64. The molecule has 1 fully saturated rings. The Labute approximate surface area is 163 Å². The lowest BCUT2D eigenvalue weighted by Crippen LogP contribution is -2.57. The number of benzene rings is 1. The van der Waals surface area contributed by atoms with E-state index in [1.165, 1.54) is 0 Å². The van der Waals surface area contributed by atoms with Crippen molar-refractivity contribution in [2.45, 2.75) is 33.7 Å². The molecule has 0 aliphatic carbocycles. The maximum absolute atomic E-state index is 13.1. The van der Waals surface area contributed by atoms with Crippen LogP contribution in [-0.4, -0.2) is 50.4 Å². The Morgan fingerprint density at radius 3 is 2.54 bits per heavy atom. The number of carbonyl (C=O) groups excluding carboxylic acids is 2. The molecule has 0 saturated carbocycles. The van der Waals surface area contributed by atoms with Crippen LogP contribution in [0, 0.1) is 20.8 Å². The van der Waals surface area contributed by atoms with Crippen molar-refractivity contribution in [1.29, 1.82) is 0 Å². The van der Waals surface area contributed by atoms with Gasteiger partial charge in [0.1, 0.15) is 6.54 Å². The van der Waals surface area contributed by atoms with Crippen LogP contribution in [0.2, 0.25) is 0 Å². The first-order chi connectivity index (χ1) is 13.3. The number of anilines is 1. The molecular formula is C21H23N5O2. The number of hydrogen-bond acceptors (Lipinski definition) is 4. The number of hydrogen-bond donors (Lipinski definition) is 0. The van der Waals surface area contributed by atoms with Gasteiger partial charge in [0, 0.05) is 35.7 Å². The van der Waals surface area contributed by atoms with Crippen LogP contribution in [0.5, 0.6) is 0 Å². The van der Waals surface area contributed by atoms with Crippen molar-refractivity contribution in [2.24, 2.45) is 0 Å². The summed E-state index contributed by atoms with van der Waals surface area (Å²) in [4.78, 5) is 33.6. The SMILES string of the molecule is Cc1ccc(N2C[C@@H](C)N(C(=O)c3cc4nc(C)cc(C)n4n3)CC2=O)cc1. The van der Waals surface area contributed by atoms with Gasteiger partial charge in [0.25, 0.3) is 5.91 Å². The molecule has 1 aromatic carbocycles. The Morgan fingerprint density at radius 2 is 1.82 bits per heavy atom. The number of amides is 2. The largest absolute Gasteiger partial charge is 0.323 e. The molecule has 1 saturated heterocycles. The summed E-state index contributed by atoms with van der Waals surface area (Å²) in [6.45, 7) is 8.29. The molecule has 0 N–H and O–H groups in total. The third-order valence-electron chi connectivity index (χ3n) is 5.14. The standard InChI is InChI=1S/C21H23N5O2/c1-13-5-7-17(8-6-13)25-11-16(4)24(12-20(25)27)21(28)18-10-19-22-14(2)9-15(3)26(19)23-18/h5-10,16H,11-12H2,1-4H3/t16-/m1/s1. The highest BCUT2D eigenvalue weighted by Gasteiger charge is 2.34. The molecule has 1 atom stereocenters. The highest BCUT2D eigenvalue weighted by atomic mass is 16.2. The summed E-state index contributed by atoms with van der Waals surface area (Å²) in [5.74, 6) is -0.337. The molecule has 3 aromatic rings. The molecule has 1 aliphatic rings. The van der Waals surface area contributed by atoms with Gasteiger partial charge in [-0.15, -0.1) is 0 Å². The van der Waals surface area contributed by atoms with Gasteiger partial charge in [-0.05, 0) is 45.9 Å². The molecule has 0 spiro atoms. The van der Waals surface area contributed by atoms with Gasteiger partial charge in [-0.25, -0.2) is 9.50 Å². The van der Waals surface area contributed by atoms with Crippen LogP contribution < -0.4 is 4.90 Å². The summed E-state index contributed by atoms with van der Waals surface area (Å²) < 4.78 is 1.66. The van der Waals surface area contributed by atoms with E-state index in [-0.39, 0.29) is 24.4 Å². The first-order valence-electron chi connectivity index (χ1n) is 9.35. The second-order valence-electron chi connectivity index (χ2n) is 7.46. The Hall–Kier alpha value is -3.22. The minimum absolute atomic E-state index is 0.0349. The Balaban J connectivity index is 1.58. The Kier molecular flexibility index (Phi) is 4.37. The number of nitrogens with zero attached hydrogens (tertiary/aromatic N) is 5. The number of carbonyl (C=O) groups is 2. The molecule has 4 rings (SSSR count). The van der Waals surface area contributed by atoms with Crippen LogP contribution in [-0.2, 0) is 4.79 Å². The summed E-state index contributed by atoms with van der Waals surface area (Å²) in [6.07, 6.45) is 0. The first-order valence-corrected chi connectivity index (χ1v) is 9.35. The molecule has 7 heteroatoms. The van der Waals surface area contributed by atoms with Crippen LogP contribution >= 0.6 is 0 Å². The van der Waals surface area contributed by atoms with Gasteiger partial charge in [-0.2, -0.15) is 5.10 Å². The summed E-state index contributed by atoms with van der Waals surface area (Å²) in [5, 5.41) is 4.41. The quantitative estimate of drug-likeness (QED) is 0.688. The summed E-state index contributed by atoms with van der Waals surface area (Å²) in [6, 6.07) is 11.3. The van der Waals surface area contributed by atoms with Crippen molar-refractivity contribution in [2.75, 3.05) is 18.0 Å². The molecule has 0 bridgehead atoms. The topological polar surface area (TPSA) is 70.8 Å². The second kappa shape index (κ2) is 6.74. The van der Waals surface area contributed by atoms with E-state index in [0.29, 0.717) is 17.9 Å². The summed E-state index contributed by atoms with van der Waals surface area (Å²) >= 11 is 0. The zero-order valence-electron chi connectivity index (χ0n) is 16.5. The van der Waals surface area contributed by atoms with Crippen molar-refractivity contribution in [3.05, 3.63) is 59.0 Å². The predicted octanol–water partition coefficient (Wildman–Crippen LogP) is 2.53. The smallest absolute Gasteiger partial charge is 0.275 e. The van der Waals surface area contributed by atoms with Crippen LogP contribution in [0.15, 0.2) is 36.4 Å². The van der Waals surface area contributed by atoms with Crippen LogP contribution in [0.3, 0.4) is 0 Å². The summed E-state index contributed by atoms with van der Waals surface area (Å²) in [7, 11) is 0. The van der Waals surface area contributed by atoms with Crippen molar-refractivity contribution in [1.82, 2.24) is 19.5 Å². The van der Waals surface area contributed by atoms with Crippen molar-refractivity contribution in [3.8, 4) is 0 Å². The normalized spacial score (nSPS) is 17.4. The van der Waals surface area contributed by atoms with Gasteiger partial charge < -0.3 is 9.80 Å². The van der Waals surface area contributed by atoms with E-state index in [2.05, 4.69) is 10.1 Å². The molecule has 144 valence electrons. The number of piperazine rings is 1. The maximum atomic E-state index is 13.1. The predicted molar refractivity (Wildman–Crippen MR) is 106 cm³/mol. The molecule has 3 heterocycles. The number of aromatic nitrogens is 3. The van der Waals surface area contributed by atoms with Crippen molar-refractivity contribution < 1.29 is 9.59 Å². The maximum Gasteiger partial charge on any atom is 0.275 e. The Morgan fingerprint density at radius 1 is 1.11 bits per heavy atom. The van der Waals surface area contributed by atoms with Crippen molar-refractivity contribution >= 4 is 23.1 Å². The Bertz CT molecular complexity index is 1070. The minimum atomic E-state index is -0.244. The highest BCUT2D eigenvalue weighted by molar-refractivity contribution is 6.01. The highest BCUT2D eigenvalue weighted by Crippen LogP contribution is 2.22. The molecular weight excluding hydrogens is 354 g/mol. The molecule has 1 aliphatic heterocycles. The van der Waals surface area contributed by atoms with Gasteiger partial charge >= 0.3 is 0 Å². The average Bonchev–Trinajstić information content (AvgIpc) is 3.08. The van der Waals surface area contributed by atoms with Crippen LogP contribution in [0.4, 0.5) is 5.69 Å². The van der Waals surface area contributed by atoms with E-state index in [4.69, 9.17) is 0 Å². The molecule has 7 nitrogen and oxygen atoms in total. The summed E-state index contributed by atoms with van der Waals surface area (Å²) in [5.41, 5.74) is 4.73. The third-order valence-corrected chi connectivity index (χ3v) is 5.14. The molecule has 2 amide bonds. The second-order valence-corrected chi connectivity index (χ2v) is 7.46. The third kappa shape index (κ3) is 3.13. The van der Waals surface area contributed by atoms with E-state index in [0.717, 1.165) is 22.6 Å². The lowest BCUT2D eigenvalue weighted by atomic mass is 10.1. The first kappa shape index (κ1) is 18.2. The van der Waals surface area contributed by atoms with E-state index in [1.54, 1.807) is 20.4 Å². The van der Waals surface area contributed by atoms with Crippen LogP contribution in [0.1, 0.15) is 34.4 Å². The zero-order valence-corrected chi connectivity index (χ0v) is 16.5. The van der Waals surface area contributed by atoms with Gasteiger partial charge in [-0.1, -0.05) is 17.7 Å². The molecule has 0 unspecified atom stereocenters. The number of aryl methyl sites for hydroxylation is 3. The van der Waals surface area contributed by atoms with Crippen molar-refractivity contribution in [3.63, 3.8) is 0 Å². The lowest BCUT2D eigenvalue weighted by Gasteiger charge is -2.39. The van der Waals surface area contributed by atoms with Crippen LogP contribution in [0.25, 0.3) is 5.65 Å². The van der Waals surface area contributed by atoms with E-state index in [1.807, 2.05) is 58.0 Å². The lowest BCUT2D eigenvalue weighted by molar-refractivity contribution is -0.121.